The highest BCUT2D eigenvalue weighted by Crippen LogP contribution is 2.26. The number of esters is 1. The summed E-state index contributed by atoms with van der Waals surface area (Å²) in [5.41, 5.74) is 0.868. The van der Waals surface area contributed by atoms with Crippen molar-refractivity contribution in [3.8, 4) is 0 Å². The third kappa shape index (κ3) is 6.33. The Kier molecular flexibility index (Phi) is 7.75. The van der Waals surface area contributed by atoms with Crippen molar-refractivity contribution in [1.82, 2.24) is 0 Å². The lowest BCUT2D eigenvalue weighted by Crippen LogP contribution is -2.15. The lowest BCUT2D eigenvalue weighted by Gasteiger charge is -2.10. The van der Waals surface area contributed by atoms with E-state index in [9.17, 15) is 19.2 Å². The number of Topliss-reactive ketones (excluding diaryl/α,β-unsaturated/α-hetero) is 2. The minimum atomic E-state index is -0.601. The van der Waals surface area contributed by atoms with Gasteiger partial charge in [0.25, 0.3) is 0 Å². The SMILES string of the molecule is CSc1ccc(C(=O)COC(=O)CCC(=O)c2cccs2)cc1NC(C)=O. The molecule has 2 rings (SSSR count). The maximum atomic E-state index is 12.2. The Morgan fingerprint density at radius 2 is 1.89 bits per heavy atom. The van der Waals surface area contributed by atoms with Gasteiger partial charge in [-0.05, 0) is 29.8 Å². The van der Waals surface area contributed by atoms with Crippen molar-refractivity contribution >= 4 is 52.2 Å². The quantitative estimate of drug-likeness (QED) is 0.388. The van der Waals surface area contributed by atoms with Crippen molar-refractivity contribution in [3.63, 3.8) is 0 Å². The first-order valence-corrected chi connectivity index (χ1v) is 10.2. The average Bonchev–Trinajstić information content (AvgIpc) is 3.18. The lowest BCUT2D eigenvalue weighted by molar-refractivity contribution is -0.142. The molecule has 6 nitrogen and oxygen atoms in total. The molecule has 0 radical (unpaired) electrons. The summed E-state index contributed by atoms with van der Waals surface area (Å²) in [5.74, 6) is -1.35. The number of ether oxygens (including phenoxy) is 1. The predicted molar refractivity (Wildman–Crippen MR) is 106 cm³/mol. The molecular weight excluding hydrogens is 386 g/mol. The van der Waals surface area contributed by atoms with E-state index in [2.05, 4.69) is 5.32 Å². The highest BCUT2D eigenvalue weighted by atomic mass is 32.2. The van der Waals surface area contributed by atoms with Gasteiger partial charge in [-0.2, -0.15) is 0 Å². The first-order valence-electron chi connectivity index (χ1n) is 8.12. The molecule has 0 saturated heterocycles. The van der Waals surface area contributed by atoms with Crippen molar-refractivity contribution in [2.45, 2.75) is 24.7 Å². The summed E-state index contributed by atoms with van der Waals surface area (Å²) < 4.78 is 4.97. The van der Waals surface area contributed by atoms with Gasteiger partial charge in [-0.1, -0.05) is 12.1 Å². The van der Waals surface area contributed by atoms with Gasteiger partial charge in [0.05, 0.1) is 17.0 Å². The maximum Gasteiger partial charge on any atom is 0.306 e. The molecule has 1 heterocycles. The van der Waals surface area contributed by atoms with E-state index in [1.165, 1.54) is 30.0 Å². The summed E-state index contributed by atoms with van der Waals surface area (Å²) in [6.07, 6.45) is 1.83. The highest BCUT2D eigenvalue weighted by molar-refractivity contribution is 7.98. The lowest BCUT2D eigenvalue weighted by atomic mass is 10.1. The molecular formula is C19H19NO5S2. The molecule has 0 aliphatic carbocycles. The number of anilines is 1. The molecule has 1 aromatic heterocycles. The third-order valence-electron chi connectivity index (χ3n) is 3.55. The summed E-state index contributed by atoms with van der Waals surface area (Å²) in [7, 11) is 0. The van der Waals surface area contributed by atoms with E-state index < -0.39 is 12.6 Å². The number of hydrogen-bond donors (Lipinski definition) is 1. The number of rotatable bonds is 9. The van der Waals surface area contributed by atoms with Crippen molar-refractivity contribution in [2.24, 2.45) is 0 Å². The van der Waals surface area contributed by atoms with Gasteiger partial charge in [0.15, 0.2) is 18.2 Å². The molecule has 0 spiro atoms. The second kappa shape index (κ2) is 10.0. The zero-order valence-corrected chi connectivity index (χ0v) is 16.6. The van der Waals surface area contributed by atoms with E-state index in [-0.39, 0.29) is 30.3 Å². The van der Waals surface area contributed by atoms with Crippen LogP contribution in [-0.2, 0) is 14.3 Å². The molecule has 1 N–H and O–H groups in total. The van der Waals surface area contributed by atoms with Gasteiger partial charge < -0.3 is 10.1 Å². The first-order chi connectivity index (χ1) is 12.9. The number of thioether (sulfide) groups is 1. The molecule has 2 aromatic rings. The van der Waals surface area contributed by atoms with Crippen LogP contribution < -0.4 is 5.32 Å². The van der Waals surface area contributed by atoms with Gasteiger partial charge >= 0.3 is 5.97 Å². The number of ketones is 2. The summed E-state index contributed by atoms with van der Waals surface area (Å²) in [6, 6.07) is 8.38. The van der Waals surface area contributed by atoms with Gasteiger partial charge in [-0.25, -0.2) is 0 Å². The molecule has 0 saturated carbocycles. The second-order valence-electron chi connectivity index (χ2n) is 5.58. The number of amides is 1. The standard InChI is InChI=1S/C19H19NO5S2/c1-12(21)20-14-10-13(5-7-17(14)26-2)16(23)11-25-19(24)8-6-15(22)18-4-3-9-27-18/h3-5,7,9-10H,6,8,11H2,1-2H3,(H,20,21). The van der Waals surface area contributed by atoms with Gasteiger partial charge in [-0.3, -0.25) is 19.2 Å². The first kappa shape index (κ1) is 20.9. The van der Waals surface area contributed by atoms with E-state index in [1.807, 2.05) is 6.26 Å². The Morgan fingerprint density at radius 3 is 2.52 bits per heavy atom. The maximum absolute atomic E-state index is 12.2. The van der Waals surface area contributed by atoms with Gasteiger partial charge in [0, 0.05) is 23.8 Å². The Morgan fingerprint density at radius 1 is 1.11 bits per heavy atom. The van der Waals surface area contributed by atoms with Crippen LogP contribution in [0.4, 0.5) is 5.69 Å². The van der Waals surface area contributed by atoms with Crippen molar-refractivity contribution in [1.29, 1.82) is 0 Å². The predicted octanol–water partition coefficient (Wildman–Crippen LogP) is 3.82. The third-order valence-corrected chi connectivity index (χ3v) is 5.26. The van der Waals surface area contributed by atoms with E-state index in [0.29, 0.717) is 16.1 Å². The fourth-order valence-electron chi connectivity index (χ4n) is 2.25. The number of benzene rings is 1. The van der Waals surface area contributed by atoms with Crippen LogP contribution in [0.15, 0.2) is 40.6 Å². The van der Waals surface area contributed by atoms with E-state index in [0.717, 1.165) is 4.90 Å². The normalized spacial score (nSPS) is 10.3. The van der Waals surface area contributed by atoms with Crippen molar-refractivity contribution in [3.05, 3.63) is 46.2 Å². The van der Waals surface area contributed by atoms with Gasteiger partial charge in [-0.15, -0.1) is 23.1 Å². The molecule has 0 aliphatic heterocycles. The molecule has 0 aliphatic rings. The zero-order valence-electron chi connectivity index (χ0n) is 14.9. The number of nitrogens with one attached hydrogen (secondary N) is 1. The molecule has 0 bridgehead atoms. The summed E-state index contributed by atoms with van der Waals surface area (Å²) >= 11 is 2.76. The van der Waals surface area contributed by atoms with Crippen LogP contribution in [0.2, 0.25) is 0 Å². The molecule has 27 heavy (non-hydrogen) atoms. The smallest absolute Gasteiger partial charge is 0.306 e. The minimum absolute atomic E-state index is 0.0443. The summed E-state index contributed by atoms with van der Waals surface area (Å²) in [4.78, 5) is 48.6. The van der Waals surface area contributed by atoms with Crippen LogP contribution in [0.1, 0.15) is 39.8 Å². The zero-order chi connectivity index (χ0) is 19.8. The highest BCUT2D eigenvalue weighted by Gasteiger charge is 2.15. The van der Waals surface area contributed by atoms with E-state index in [4.69, 9.17) is 4.74 Å². The monoisotopic (exact) mass is 405 g/mol. The molecule has 1 aromatic carbocycles. The van der Waals surface area contributed by atoms with Crippen LogP contribution in [0, 0.1) is 0 Å². The Bertz CT molecular complexity index is 846. The second-order valence-corrected chi connectivity index (χ2v) is 7.38. The van der Waals surface area contributed by atoms with Crippen molar-refractivity contribution < 1.29 is 23.9 Å². The Labute approximate surface area is 165 Å². The molecule has 8 heteroatoms. The van der Waals surface area contributed by atoms with E-state index >= 15 is 0 Å². The molecule has 0 fully saturated rings. The largest absolute Gasteiger partial charge is 0.457 e. The molecule has 0 unspecified atom stereocenters. The van der Waals surface area contributed by atoms with Crippen LogP contribution in [0.3, 0.4) is 0 Å². The molecule has 142 valence electrons. The Hall–Kier alpha value is -2.45. The summed E-state index contributed by atoms with van der Waals surface area (Å²) in [6.45, 7) is 0.974. The summed E-state index contributed by atoms with van der Waals surface area (Å²) in [5, 5.41) is 4.47. The number of hydrogen-bond acceptors (Lipinski definition) is 7. The van der Waals surface area contributed by atoms with Crippen LogP contribution in [0.5, 0.6) is 0 Å². The number of carbonyl (C=O) groups is 4. The minimum Gasteiger partial charge on any atom is -0.457 e. The molecule has 0 atom stereocenters. The number of carbonyl (C=O) groups excluding carboxylic acids is 4. The van der Waals surface area contributed by atoms with Crippen molar-refractivity contribution in [2.75, 3.05) is 18.2 Å². The van der Waals surface area contributed by atoms with Crippen LogP contribution in [-0.4, -0.2) is 36.3 Å². The van der Waals surface area contributed by atoms with Crippen LogP contribution in [0.25, 0.3) is 0 Å². The topological polar surface area (TPSA) is 89.5 Å². The van der Waals surface area contributed by atoms with Gasteiger partial charge in [0.1, 0.15) is 0 Å². The fourth-order valence-corrected chi connectivity index (χ4v) is 3.47. The van der Waals surface area contributed by atoms with E-state index in [1.54, 1.807) is 35.7 Å². The average molecular weight is 405 g/mol. The van der Waals surface area contributed by atoms with Gasteiger partial charge in [0.2, 0.25) is 5.91 Å². The van der Waals surface area contributed by atoms with Crippen LogP contribution >= 0.6 is 23.1 Å². The molecule has 1 amide bonds. The fraction of sp³-hybridized carbons (Fsp3) is 0.263. The number of thiophene rings is 1. The Balaban J connectivity index is 1.88.